The average molecular weight is 292 g/mol. The third kappa shape index (κ3) is 4.99. The van der Waals surface area contributed by atoms with Gasteiger partial charge in [-0.05, 0) is 19.8 Å². The van der Waals surface area contributed by atoms with E-state index in [1.807, 2.05) is 0 Å². The number of ether oxygens (including phenoxy) is 3. The van der Waals surface area contributed by atoms with Crippen molar-refractivity contribution < 1.29 is 34.3 Å². The highest BCUT2D eigenvalue weighted by Gasteiger charge is 2.42. The predicted molar refractivity (Wildman–Crippen MR) is 68.8 cm³/mol. The number of unbranched alkanes of at least 4 members (excludes halogenated alkanes) is 2. The molecule has 0 radical (unpaired) electrons. The Bertz CT molecular complexity index is 296. The van der Waals surface area contributed by atoms with Gasteiger partial charge in [-0.25, -0.2) is 0 Å². The summed E-state index contributed by atoms with van der Waals surface area (Å²) in [6, 6.07) is 0. The largest absolute Gasteiger partial charge is 0.469 e. The van der Waals surface area contributed by atoms with E-state index in [9.17, 15) is 20.1 Å². The van der Waals surface area contributed by atoms with Crippen molar-refractivity contribution in [2.45, 2.75) is 63.3 Å². The Labute approximate surface area is 118 Å². The molecule has 7 heteroatoms. The molecule has 1 saturated heterocycles. The second-order valence-corrected chi connectivity index (χ2v) is 4.94. The van der Waals surface area contributed by atoms with Crippen LogP contribution in [0.1, 0.15) is 32.6 Å². The topological polar surface area (TPSA) is 105 Å². The molecule has 0 saturated carbocycles. The minimum atomic E-state index is -1.27. The van der Waals surface area contributed by atoms with Crippen LogP contribution in [0.4, 0.5) is 0 Å². The summed E-state index contributed by atoms with van der Waals surface area (Å²) in [7, 11) is 1.36. The van der Waals surface area contributed by atoms with Crippen molar-refractivity contribution in [3.05, 3.63) is 0 Å². The number of hydrogen-bond acceptors (Lipinski definition) is 7. The van der Waals surface area contributed by atoms with Gasteiger partial charge in [0.25, 0.3) is 0 Å². The van der Waals surface area contributed by atoms with Crippen molar-refractivity contribution in [2.75, 3.05) is 13.7 Å². The van der Waals surface area contributed by atoms with Gasteiger partial charge < -0.3 is 29.5 Å². The first-order valence-corrected chi connectivity index (χ1v) is 6.85. The lowest BCUT2D eigenvalue weighted by atomic mass is 10.0. The molecule has 118 valence electrons. The Morgan fingerprint density at radius 3 is 2.45 bits per heavy atom. The highest BCUT2D eigenvalue weighted by molar-refractivity contribution is 5.68. The van der Waals surface area contributed by atoms with Gasteiger partial charge >= 0.3 is 5.97 Å². The van der Waals surface area contributed by atoms with Crippen LogP contribution in [0.2, 0.25) is 0 Å². The lowest BCUT2D eigenvalue weighted by Crippen LogP contribution is -2.57. The van der Waals surface area contributed by atoms with Crippen molar-refractivity contribution in [2.24, 2.45) is 0 Å². The van der Waals surface area contributed by atoms with E-state index in [0.29, 0.717) is 25.9 Å². The lowest BCUT2D eigenvalue weighted by molar-refractivity contribution is -0.293. The van der Waals surface area contributed by atoms with E-state index in [-0.39, 0.29) is 5.97 Å². The molecule has 0 bridgehead atoms. The molecule has 3 unspecified atom stereocenters. The molecule has 0 aromatic carbocycles. The molecule has 1 heterocycles. The second-order valence-electron chi connectivity index (χ2n) is 4.94. The molecule has 1 aliphatic rings. The van der Waals surface area contributed by atoms with Gasteiger partial charge in [0.05, 0.1) is 13.2 Å². The van der Waals surface area contributed by atoms with Crippen molar-refractivity contribution in [3.63, 3.8) is 0 Å². The first-order valence-electron chi connectivity index (χ1n) is 6.85. The number of esters is 1. The molecule has 0 aliphatic carbocycles. The van der Waals surface area contributed by atoms with Crippen LogP contribution < -0.4 is 0 Å². The zero-order valence-corrected chi connectivity index (χ0v) is 11.9. The van der Waals surface area contributed by atoms with Gasteiger partial charge in [0.1, 0.15) is 18.3 Å². The minimum absolute atomic E-state index is 0.233. The van der Waals surface area contributed by atoms with E-state index in [1.54, 1.807) is 6.92 Å². The Kier molecular flexibility index (Phi) is 7.39. The standard InChI is InChI=1S/C13H24O7/c1-8-10(15)11(16)12(17)13(20-8)19-7-5-3-4-6-9(14)18-2/h8,10-13,15-17H,3-7H2,1-2H3/t8?,10-,11?,12?,13+/m0/s1. The fraction of sp³-hybridized carbons (Fsp3) is 0.923. The maximum atomic E-state index is 10.9. The predicted octanol–water partition coefficient (Wildman–Crippen LogP) is -0.436. The van der Waals surface area contributed by atoms with Crippen molar-refractivity contribution >= 4 is 5.97 Å². The molecule has 0 amide bonds. The number of rotatable bonds is 7. The minimum Gasteiger partial charge on any atom is -0.469 e. The Morgan fingerprint density at radius 1 is 1.10 bits per heavy atom. The molecule has 1 rings (SSSR count). The van der Waals surface area contributed by atoms with Gasteiger partial charge in [0.15, 0.2) is 6.29 Å². The average Bonchev–Trinajstić information content (AvgIpc) is 2.45. The van der Waals surface area contributed by atoms with E-state index in [4.69, 9.17) is 9.47 Å². The fourth-order valence-corrected chi connectivity index (χ4v) is 2.00. The molecule has 1 aliphatic heterocycles. The van der Waals surface area contributed by atoms with Crippen LogP contribution in [0.15, 0.2) is 0 Å². The Balaban J connectivity index is 2.17. The van der Waals surface area contributed by atoms with Crippen LogP contribution in [0.3, 0.4) is 0 Å². The number of aliphatic hydroxyl groups is 3. The van der Waals surface area contributed by atoms with Gasteiger partial charge in [-0.15, -0.1) is 0 Å². The van der Waals surface area contributed by atoms with E-state index in [1.165, 1.54) is 7.11 Å². The lowest BCUT2D eigenvalue weighted by Gasteiger charge is -2.38. The first-order chi connectivity index (χ1) is 9.47. The first kappa shape index (κ1) is 17.3. The number of carbonyl (C=O) groups is 1. The van der Waals surface area contributed by atoms with Crippen LogP contribution in [-0.2, 0) is 19.0 Å². The molecule has 3 N–H and O–H groups in total. The number of hydrogen-bond donors (Lipinski definition) is 3. The summed E-state index contributed by atoms with van der Waals surface area (Å²) in [4.78, 5) is 10.9. The smallest absolute Gasteiger partial charge is 0.305 e. The van der Waals surface area contributed by atoms with Gasteiger partial charge in [0, 0.05) is 13.0 Å². The molecule has 1 fully saturated rings. The quantitative estimate of drug-likeness (QED) is 0.431. The van der Waals surface area contributed by atoms with Crippen molar-refractivity contribution in [3.8, 4) is 0 Å². The molecule has 7 nitrogen and oxygen atoms in total. The zero-order valence-electron chi connectivity index (χ0n) is 11.9. The number of carbonyl (C=O) groups excluding carboxylic acids is 1. The van der Waals surface area contributed by atoms with Gasteiger partial charge in [-0.1, -0.05) is 6.42 Å². The Morgan fingerprint density at radius 2 is 1.80 bits per heavy atom. The summed E-state index contributed by atoms with van der Waals surface area (Å²) in [6.45, 7) is 1.95. The van der Waals surface area contributed by atoms with Crippen LogP contribution in [0.5, 0.6) is 0 Å². The highest BCUT2D eigenvalue weighted by Crippen LogP contribution is 2.21. The normalized spacial score (nSPS) is 34.0. The van der Waals surface area contributed by atoms with Crippen LogP contribution >= 0.6 is 0 Å². The summed E-state index contributed by atoms with van der Waals surface area (Å²) in [6.07, 6.45) is -2.62. The van der Waals surface area contributed by atoms with Crippen LogP contribution in [-0.4, -0.2) is 65.7 Å². The third-order valence-electron chi connectivity index (χ3n) is 3.34. The molecule has 0 aromatic rings. The summed E-state index contributed by atoms with van der Waals surface area (Å²) in [5, 5.41) is 28.8. The van der Waals surface area contributed by atoms with Crippen molar-refractivity contribution in [1.29, 1.82) is 0 Å². The fourth-order valence-electron chi connectivity index (χ4n) is 2.00. The third-order valence-corrected chi connectivity index (χ3v) is 3.34. The number of methoxy groups -OCH3 is 1. The van der Waals surface area contributed by atoms with E-state index < -0.39 is 30.7 Å². The summed E-state index contributed by atoms with van der Waals surface area (Å²) >= 11 is 0. The SMILES string of the molecule is COC(=O)CCCCCO[C@@H]1OC(C)[C@H](O)C(O)C1O. The molecular weight excluding hydrogens is 268 g/mol. The van der Waals surface area contributed by atoms with E-state index in [2.05, 4.69) is 4.74 Å². The molecule has 20 heavy (non-hydrogen) atoms. The van der Waals surface area contributed by atoms with E-state index in [0.717, 1.165) is 6.42 Å². The summed E-state index contributed by atoms with van der Waals surface area (Å²) in [5.74, 6) is -0.233. The van der Waals surface area contributed by atoms with Crippen molar-refractivity contribution in [1.82, 2.24) is 0 Å². The zero-order chi connectivity index (χ0) is 15.1. The van der Waals surface area contributed by atoms with Gasteiger partial charge in [-0.2, -0.15) is 0 Å². The molecular formula is C13H24O7. The maximum absolute atomic E-state index is 10.9. The van der Waals surface area contributed by atoms with Crippen LogP contribution in [0.25, 0.3) is 0 Å². The number of aliphatic hydroxyl groups excluding tert-OH is 3. The van der Waals surface area contributed by atoms with Gasteiger partial charge in [-0.3, -0.25) is 4.79 Å². The summed E-state index contributed by atoms with van der Waals surface area (Å²) < 4.78 is 15.2. The van der Waals surface area contributed by atoms with Gasteiger partial charge in [0.2, 0.25) is 0 Å². The molecule has 0 aromatic heterocycles. The monoisotopic (exact) mass is 292 g/mol. The highest BCUT2D eigenvalue weighted by atomic mass is 16.7. The Hall–Kier alpha value is -0.730. The van der Waals surface area contributed by atoms with E-state index >= 15 is 0 Å². The van der Waals surface area contributed by atoms with Crippen LogP contribution in [0, 0.1) is 0 Å². The maximum Gasteiger partial charge on any atom is 0.305 e. The summed E-state index contributed by atoms with van der Waals surface area (Å²) in [5.41, 5.74) is 0. The molecule has 0 spiro atoms. The molecule has 5 atom stereocenters. The second kappa shape index (κ2) is 8.53.